The van der Waals surface area contributed by atoms with Crippen molar-refractivity contribution in [3.8, 4) is 5.75 Å². The molecule has 0 aliphatic carbocycles. The first-order valence-electron chi connectivity index (χ1n) is 6.82. The lowest BCUT2D eigenvalue weighted by Crippen LogP contribution is -2.48. The Bertz CT molecular complexity index is 363. The molecule has 3 heteroatoms. The third-order valence-electron chi connectivity index (χ3n) is 3.80. The number of nitrogens with two attached hydrogens (primary N) is 1. The number of piperidine rings is 1. The first kappa shape index (κ1) is 13.4. The van der Waals surface area contributed by atoms with Crippen LogP contribution in [-0.4, -0.2) is 37.2 Å². The van der Waals surface area contributed by atoms with Gasteiger partial charge in [-0.3, -0.25) is 4.90 Å². The zero-order valence-electron chi connectivity index (χ0n) is 11.4. The largest absolute Gasteiger partial charge is 0.492 e. The van der Waals surface area contributed by atoms with E-state index in [0.29, 0.717) is 12.0 Å². The van der Waals surface area contributed by atoms with Gasteiger partial charge in [-0.25, -0.2) is 0 Å². The second kappa shape index (κ2) is 6.21. The highest BCUT2D eigenvalue weighted by atomic mass is 16.5. The molecule has 0 aromatic heterocycles. The number of aryl methyl sites for hydroxylation is 1. The maximum atomic E-state index is 6.09. The van der Waals surface area contributed by atoms with Gasteiger partial charge in [0.25, 0.3) is 0 Å². The minimum atomic E-state index is 0.318. The fourth-order valence-corrected chi connectivity index (χ4v) is 2.30. The van der Waals surface area contributed by atoms with Crippen LogP contribution in [0.5, 0.6) is 5.75 Å². The molecule has 1 heterocycles. The number of hydrogen-bond donors (Lipinski definition) is 1. The molecule has 1 fully saturated rings. The van der Waals surface area contributed by atoms with Gasteiger partial charge in [0, 0.05) is 19.1 Å². The van der Waals surface area contributed by atoms with E-state index >= 15 is 0 Å². The third kappa shape index (κ3) is 3.72. The topological polar surface area (TPSA) is 38.5 Å². The molecule has 1 saturated heterocycles. The van der Waals surface area contributed by atoms with E-state index < -0.39 is 0 Å². The molecule has 100 valence electrons. The Morgan fingerprint density at radius 3 is 2.72 bits per heavy atom. The van der Waals surface area contributed by atoms with E-state index in [9.17, 15) is 0 Å². The maximum absolute atomic E-state index is 6.09. The van der Waals surface area contributed by atoms with E-state index in [-0.39, 0.29) is 0 Å². The maximum Gasteiger partial charge on any atom is 0.119 e. The molecule has 1 aromatic rings. The lowest BCUT2D eigenvalue weighted by atomic mass is 9.94. The molecule has 0 amide bonds. The zero-order valence-corrected chi connectivity index (χ0v) is 11.4. The zero-order chi connectivity index (χ0) is 13.0. The molecule has 1 aliphatic rings. The number of rotatable bonds is 4. The third-order valence-corrected chi connectivity index (χ3v) is 3.80. The Morgan fingerprint density at radius 1 is 1.33 bits per heavy atom. The first-order valence-corrected chi connectivity index (χ1v) is 6.82. The lowest BCUT2D eigenvalue weighted by Gasteiger charge is -2.34. The van der Waals surface area contributed by atoms with Crippen molar-refractivity contribution in [1.82, 2.24) is 4.90 Å². The van der Waals surface area contributed by atoms with Crippen molar-refractivity contribution in [3.63, 3.8) is 0 Å². The van der Waals surface area contributed by atoms with E-state index in [1.807, 2.05) is 12.1 Å². The smallest absolute Gasteiger partial charge is 0.119 e. The number of hydrogen-bond acceptors (Lipinski definition) is 3. The molecular weight excluding hydrogens is 224 g/mol. The summed E-state index contributed by atoms with van der Waals surface area (Å²) < 4.78 is 5.74. The first-order chi connectivity index (χ1) is 8.65. The van der Waals surface area contributed by atoms with Gasteiger partial charge in [-0.2, -0.15) is 0 Å². The van der Waals surface area contributed by atoms with Gasteiger partial charge in [-0.05, 0) is 37.9 Å². The molecule has 18 heavy (non-hydrogen) atoms. The molecule has 0 radical (unpaired) electrons. The van der Waals surface area contributed by atoms with E-state index in [4.69, 9.17) is 10.5 Å². The average Bonchev–Trinajstić information content (AvgIpc) is 2.36. The fraction of sp³-hybridized carbons (Fsp3) is 0.600. The van der Waals surface area contributed by atoms with Crippen molar-refractivity contribution in [1.29, 1.82) is 0 Å². The van der Waals surface area contributed by atoms with Crippen LogP contribution in [0.2, 0.25) is 0 Å². The van der Waals surface area contributed by atoms with Crippen LogP contribution in [0, 0.1) is 12.8 Å². The van der Waals surface area contributed by atoms with Crippen LogP contribution in [0.25, 0.3) is 0 Å². The summed E-state index contributed by atoms with van der Waals surface area (Å²) >= 11 is 0. The summed E-state index contributed by atoms with van der Waals surface area (Å²) in [6.07, 6.45) is 1.20. The molecule has 1 aromatic carbocycles. The van der Waals surface area contributed by atoms with Gasteiger partial charge in [-0.1, -0.05) is 24.6 Å². The number of likely N-dealkylation sites (tertiary alicyclic amines) is 1. The Balaban J connectivity index is 1.71. The summed E-state index contributed by atoms with van der Waals surface area (Å²) in [5.41, 5.74) is 7.35. The molecule has 2 unspecified atom stereocenters. The summed E-state index contributed by atoms with van der Waals surface area (Å²) in [5.74, 6) is 1.61. The minimum Gasteiger partial charge on any atom is -0.492 e. The van der Waals surface area contributed by atoms with Crippen molar-refractivity contribution >= 4 is 0 Å². The predicted octanol–water partition coefficient (Wildman–Crippen LogP) is 2.04. The summed E-state index contributed by atoms with van der Waals surface area (Å²) in [4.78, 5) is 2.40. The normalized spacial score (nSPS) is 25.1. The van der Waals surface area contributed by atoms with E-state index in [1.165, 1.54) is 12.0 Å². The SMILES string of the molecule is Cc1ccc(OCCN2CCC(C)C(N)C2)cc1. The molecule has 1 aliphatic heterocycles. The minimum absolute atomic E-state index is 0.318. The molecule has 2 rings (SSSR count). The molecule has 3 nitrogen and oxygen atoms in total. The van der Waals surface area contributed by atoms with Crippen LogP contribution < -0.4 is 10.5 Å². The van der Waals surface area contributed by atoms with Gasteiger partial charge in [-0.15, -0.1) is 0 Å². The van der Waals surface area contributed by atoms with Crippen molar-refractivity contribution in [2.45, 2.75) is 26.3 Å². The van der Waals surface area contributed by atoms with Gasteiger partial charge >= 0.3 is 0 Å². The van der Waals surface area contributed by atoms with Crippen molar-refractivity contribution in [3.05, 3.63) is 29.8 Å². The number of ether oxygens (including phenoxy) is 1. The summed E-state index contributed by atoms with van der Waals surface area (Å²) in [6.45, 7) is 8.17. The fourth-order valence-electron chi connectivity index (χ4n) is 2.30. The van der Waals surface area contributed by atoms with Crippen molar-refractivity contribution < 1.29 is 4.74 Å². The van der Waals surface area contributed by atoms with Gasteiger partial charge in [0.15, 0.2) is 0 Å². The average molecular weight is 248 g/mol. The van der Waals surface area contributed by atoms with Gasteiger partial charge in [0.1, 0.15) is 12.4 Å². The molecule has 0 spiro atoms. The van der Waals surface area contributed by atoms with Crippen LogP contribution in [0.4, 0.5) is 0 Å². The Kier molecular flexibility index (Phi) is 4.61. The van der Waals surface area contributed by atoms with Crippen LogP contribution in [0.1, 0.15) is 18.9 Å². The highest BCUT2D eigenvalue weighted by Crippen LogP contribution is 2.15. The predicted molar refractivity (Wildman–Crippen MR) is 74.9 cm³/mol. The monoisotopic (exact) mass is 248 g/mol. The Hall–Kier alpha value is -1.06. The molecule has 2 atom stereocenters. The Labute approximate surface area is 110 Å². The van der Waals surface area contributed by atoms with E-state index in [0.717, 1.165) is 32.0 Å². The van der Waals surface area contributed by atoms with Gasteiger partial charge < -0.3 is 10.5 Å². The van der Waals surface area contributed by atoms with Gasteiger partial charge in [0.2, 0.25) is 0 Å². The number of benzene rings is 1. The summed E-state index contributed by atoms with van der Waals surface area (Å²) in [7, 11) is 0. The summed E-state index contributed by atoms with van der Waals surface area (Å²) in [5, 5.41) is 0. The molecule has 0 bridgehead atoms. The van der Waals surface area contributed by atoms with Crippen molar-refractivity contribution in [2.75, 3.05) is 26.2 Å². The van der Waals surface area contributed by atoms with E-state index in [1.54, 1.807) is 0 Å². The van der Waals surface area contributed by atoms with Crippen LogP contribution in [0.3, 0.4) is 0 Å². The van der Waals surface area contributed by atoms with E-state index in [2.05, 4.69) is 30.9 Å². The van der Waals surface area contributed by atoms with Crippen molar-refractivity contribution in [2.24, 2.45) is 11.7 Å². The molecule has 0 saturated carbocycles. The Morgan fingerprint density at radius 2 is 2.06 bits per heavy atom. The quantitative estimate of drug-likeness (QED) is 0.886. The highest BCUT2D eigenvalue weighted by Gasteiger charge is 2.22. The molecular formula is C15H24N2O. The summed E-state index contributed by atoms with van der Waals surface area (Å²) in [6, 6.07) is 8.53. The lowest BCUT2D eigenvalue weighted by molar-refractivity contribution is 0.143. The number of nitrogens with zero attached hydrogens (tertiary/aromatic N) is 1. The van der Waals surface area contributed by atoms with Crippen LogP contribution in [0.15, 0.2) is 24.3 Å². The van der Waals surface area contributed by atoms with Crippen LogP contribution >= 0.6 is 0 Å². The molecule has 2 N–H and O–H groups in total. The standard InChI is InChI=1S/C15H24N2O/c1-12-3-5-14(6-4-12)18-10-9-17-8-7-13(2)15(16)11-17/h3-6,13,15H,7-11,16H2,1-2H3. The van der Waals surface area contributed by atoms with Crippen LogP contribution in [-0.2, 0) is 0 Å². The highest BCUT2D eigenvalue weighted by molar-refractivity contribution is 5.26. The van der Waals surface area contributed by atoms with Gasteiger partial charge in [0.05, 0.1) is 0 Å². The second-order valence-electron chi connectivity index (χ2n) is 5.39. The second-order valence-corrected chi connectivity index (χ2v) is 5.39.